The number of nitrogens with zero attached hydrogens (tertiary/aromatic N) is 1. The maximum absolute atomic E-state index is 13.3. The summed E-state index contributed by atoms with van der Waals surface area (Å²) in [6.45, 7) is 1.64. The maximum atomic E-state index is 13.3. The standard InChI is InChI=1S/C16H15FN2O5S/c1-2-25(23,24)13-6-3-11(4-7-13)10-18-16(20)12-5-8-14(17)15(9-12)19(21)22/h3-9H,2,10H2,1H3,(H,18,20). The summed E-state index contributed by atoms with van der Waals surface area (Å²) in [7, 11) is -3.29. The highest BCUT2D eigenvalue weighted by Gasteiger charge is 2.17. The number of carbonyl (C=O) groups excluding carboxylic acids is 1. The Morgan fingerprint density at radius 3 is 2.40 bits per heavy atom. The number of rotatable bonds is 6. The van der Waals surface area contributed by atoms with E-state index in [2.05, 4.69) is 5.32 Å². The highest BCUT2D eigenvalue weighted by molar-refractivity contribution is 7.91. The van der Waals surface area contributed by atoms with Crippen molar-refractivity contribution in [1.29, 1.82) is 0 Å². The molecule has 0 bridgehead atoms. The molecule has 0 atom stereocenters. The van der Waals surface area contributed by atoms with E-state index in [1.807, 2.05) is 0 Å². The van der Waals surface area contributed by atoms with E-state index in [1.54, 1.807) is 19.1 Å². The van der Waals surface area contributed by atoms with E-state index in [9.17, 15) is 27.7 Å². The Morgan fingerprint density at radius 2 is 1.84 bits per heavy atom. The summed E-state index contributed by atoms with van der Waals surface area (Å²) in [5.41, 5.74) is -0.167. The van der Waals surface area contributed by atoms with Gasteiger partial charge >= 0.3 is 5.69 Å². The van der Waals surface area contributed by atoms with Gasteiger partial charge in [0.15, 0.2) is 9.84 Å². The van der Waals surface area contributed by atoms with Crippen molar-refractivity contribution in [3.8, 4) is 0 Å². The fourth-order valence-electron chi connectivity index (χ4n) is 2.06. The molecule has 2 rings (SSSR count). The molecule has 0 fully saturated rings. The molecule has 0 aliphatic carbocycles. The van der Waals surface area contributed by atoms with Crippen molar-refractivity contribution in [2.45, 2.75) is 18.4 Å². The fraction of sp³-hybridized carbons (Fsp3) is 0.188. The van der Waals surface area contributed by atoms with Crippen molar-refractivity contribution < 1.29 is 22.5 Å². The average molecular weight is 366 g/mol. The minimum atomic E-state index is -3.29. The third-order valence-corrected chi connectivity index (χ3v) is 5.27. The first-order valence-corrected chi connectivity index (χ1v) is 8.93. The van der Waals surface area contributed by atoms with Gasteiger partial charge in [0.1, 0.15) is 0 Å². The number of sulfone groups is 1. The lowest BCUT2D eigenvalue weighted by molar-refractivity contribution is -0.387. The molecule has 132 valence electrons. The van der Waals surface area contributed by atoms with Crippen LogP contribution in [0.2, 0.25) is 0 Å². The number of nitro groups is 1. The quantitative estimate of drug-likeness (QED) is 0.624. The van der Waals surface area contributed by atoms with E-state index in [1.165, 1.54) is 12.1 Å². The summed E-state index contributed by atoms with van der Waals surface area (Å²) < 4.78 is 36.7. The molecule has 0 radical (unpaired) electrons. The van der Waals surface area contributed by atoms with Crippen molar-refractivity contribution in [2.24, 2.45) is 0 Å². The van der Waals surface area contributed by atoms with Gasteiger partial charge < -0.3 is 5.32 Å². The molecule has 9 heteroatoms. The molecule has 0 saturated heterocycles. The van der Waals surface area contributed by atoms with Crippen LogP contribution in [0.5, 0.6) is 0 Å². The maximum Gasteiger partial charge on any atom is 0.305 e. The second kappa shape index (κ2) is 7.39. The summed E-state index contributed by atoms with van der Waals surface area (Å²) in [6, 6.07) is 8.89. The Bertz CT molecular complexity index is 911. The molecule has 0 aromatic heterocycles. The summed E-state index contributed by atoms with van der Waals surface area (Å²) in [5, 5.41) is 13.2. The van der Waals surface area contributed by atoms with Crippen molar-refractivity contribution in [2.75, 3.05) is 5.75 Å². The first kappa shape index (κ1) is 18.5. The molecule has 0 spiro atoms. The highest BCUT2D eigenvalue weighted by atomic mass is 32.2. The van der Waals surface area contributed by atoms with E-state index in [0.717, 1.165) is 18.2 Å². The predicted octanol–water partition coefficient (Wildman–Crippen LogP) is 2.46. The number of nitrogens with one attached hydrogen (secondary N) is 1. The van der Waals surface area contributed by atoms with Gasteiger partial charge in [0.25, 0.3) is 5.91 Å². The smallest absolute Gasteiger partial charge is 0.305 e. The molecule has 0 aliphatic rings. The minimum absolute atomic E-state index is 0.00751. The van der Waals surface area contributed by atoms with Crippen molar-refractivity contribution in [3.63, 3.8) is 0 Å². The number of halogens is 1. The highest BCUT2D eigenvalue weighted by Crippen LogP contribution is 2.18. The van der Waals surface area contributed by atoms with Crippen LogP contribution in [0.25, 0.3) is 0 Å². The summed E-state index contributed by atoms with van der Waals surface area (Å²) in [6.07, 6.45) is 0. The SMILES string of the molecule is CCS(=O)(=O)c1ccc(CNC(=O)c2ccc(F)c([N+](=O)[O-])c2)cc1. The van der Waals surface area contributed by atoms with Crippen LogP contribution in [-0.2, 0) is 16.4 Å². The van der Waals surface area contributed by atoms with Gasteiger partial charge in [-0.15, -0.1) is 0 Å². The number of amides is 1. The Kier molecular flexibility index (Phi) is 5.48. The fourth-order valence-corrected chi connectivity index (χ4v) is 2.94. The molecule has 1 N–H and O–H groups in total. The van der Waals surface area contributed by atoms with Crippen LogP contribution in [-0.4, -0.2) is 25.0 Å². The van der Waals surface area contributed by atoms with Gasteiger partial charge in [0.2, 0.25) is 5.82 Å². The third kappa shape index (κ3) is 4.38. The third-order valence-electron chi connectivity index (χ3n) is 3.52. The van der Waals surface area contributed by atoms with Gasteiger partial charge in [-0.1, -0.05) is 19.1 Å². The lowest BCUT2D eigenvalue weighted by Crippen LogP contribution is -2.23. The lowest BCUT2D eigenvalue weighted by atomic mass is 10.1. The topological polar surface area (TPSA) is 106 Å². The Morgan fingerprint density at radius 1 is 1.20 bits per heavy atom. The number of hydrogen-bond acceptors (Lipinski definition) is 5. The van der Waals surface area contributed by atoms with E-state index >= 15 is 0 Å². The zero-order valence-corrected chi connectivity index (χ0v) is 14.0. The van der Waals surface area contributed by atoms with Gasteiger partial charge in [-0.25, -0.2) is 8.42 Å². The molecular weight excluding hydrogens is 351 g/mol. The molecule has 0 aliphatic heterocycles. The summed E-state index contributed by atoms with van der Waals surface area (Å²) in [4.78, 5) is 22.0. The molecule has 0 heterocycles. The molecule has 0 unspecified atom stereocenters. The first-order valence-electron chi connectivity index (χ1n) is 7.28. The molecule has 1 amide bonds. The van der Waals surface area contributed by atoms with E-state index in [-0.39, 0.29) is 22.8 Å². The molecule has 7 nitrogen and oxygen atoms in total. The van der Waals surface area contributed by atoms with Gasteiger partial charge in [0, 0.05) is 18.2 Å². The second-order valence-electron chi connectivity index (χ2n) is 5.15. The van der Waals surface area contributed by atoms with E-state index in [4.69, 9.17) is 0 Å². The zero-order chi connectivity index (χ0) is 18.6. The summed E-state index contributed by atoms with van der Waals surface area (Å²) >= 11 is 0. The Labute approximate surface area is 143 Å². The van der Waals surface area contributed by atoms with Crippen LogP contribution in [0, 0.1) is 15.9 Å². The van der Waals surface area contributed by atoms with Gasteiger partial charge in [0.05, 0.1) is 15.6 Å². The van der Waals surface area contributed by atoms with Gasteiger partial charge in [-0.2, -0.15) is 4.39 Å². The van der Waals surface area contributed by atoms with E-state index < -0.39 is 32.2 Å². The van der Waals surface area contributed by atoms with E-state index in [0.29, 0.717) is 5.56 Å². The molecular formula is C16H15FN2O5S. The van der Waals surface area contributed by atoms with Crippen LogP contribution < -0.4 is 5.32 Å². The van der Waals surface area contributed by atoms with Gasteiger partial charge in [-0.3, -0.25) is 14.9 Å². The number of hydrogen-bond donors (Lipinski definition) is 1. The molecule has 0 saturated carbocycles. The molecule has 2 aromatic rings. The summed E-state index contributed by atoms with van der Waals surface area (Å²) in [5.74, 6) is -1.63. The van der Waals surface area contributed by atoms with Crippen LogP contribution in [0.4, 0.5) is 10.1 Å². The van der Waals surface area contributed by atoms with Crippen LogP contribution >= 0.6 is 0 Å². The van der Waals surface area contributed by atoms with Crippen molar-refractivity contribution >= 4 is 21.4 Å². The molecule has 2 aromatic carbocycles. The normalized spacial score (nSPS) is 11.1. The predicted molar refractivity (Wildman–Crippen MR) is 88.4 cm³/mol. The largest absolute Gasteiger partial charge is 0.348 e. The van der Waals surface area contributed by atoms with Crippen LogP contribution in [0.15, 0.2) is 47.4 Å². The second-order valence-corrected chi connectivity index (χ2v) is 7.43. The van der Waals surface area contributed by atoms with Crippen molar-refractivity contribution in [3.05, 3.63) is 69.5 Å². The minimum Gasteiger partial charge on any atom is -0.348 e. The van der Waals surface area contributed by atoms with Gasteiger partial charge in [-0.05, 0) is 29.8 Å². The number of benzene rings is 2. The van der Waals surface area contributed by atoms with Crippen LogP contribution in [0.3, 0.4) is 0 Å². The number of nitro benzene ring substituents is 1. The average Bonchev–Trinajstić information content (AvgIpc) is 2.60. The lowest BCUT2D eigenvalue weighted by Gasteiger charge is -2.07. The molecule has 25 heavy (non-hydrogen) atoms. The first-order chi connectivity index (χ1) is 11.7. The monoisotopic (exact) mass is 366 g/mol. The van der Waals surface area contributed by atoms with Crippen LogP contribution in [0.1, 0.15) is 22.8 Å². The number of carbonyl (C=O) groups is 1. The zero-order valence-electron chi connectivity index (χ0n) is 13.2. The Balaban J connectivity index is 2.08. The van der Waals surface area contributed by atoms with Crippen molar-refractivity contribution in [1.82, 2.24) is 5.32 Å². The Hall–Kier alpha value is -2.81.